The van der Waals surface area contributed by atoms with Gasteiger partial charge in [-0.25, -0.2) is 0 Å². The predicted molar refractivity (Wildman–Crippen MR) is 154 cm³/mol. The van der Waals surface area contributed by atoms with Crippen molar-refractivity contribution in [1.82, 2.24) is 0 Å². The molecule has 0 saturated carbocycles. The van der Waals surface area contributed by atoms with E-state index in [-0.39, 0.29) is 51.0 Å². The van der Waals surface area contributed by atoms with E-state index < -0.39 is 0 Å². The molecule has 3 heteroatoms. The first kappa shape index (κ1) is 29.9. The fourth-order valence-electron chi connectivity index (χ4n) is 5.34. The maximum atomic E-state index is 2.28. The molecule has 0 radical (unpaired) electrons. The summed E-state index contributed by atoms with van der Waals surface area (Å²) in [6, 6.07) is 41.8. The molecule has 0 nitrogen and oxygen atoms in total. The molecule has 0 aliphatic heterocycles. The number of benzene rings is 5. The van der Waals surface area contributed by atoms with Gasteiger partial charge in [0.25, 0.3) is 0 Å². The minimum atomic E-state index is 0. The van der Waals surface area contributed by atoms with Crippen molar-refractivity contribution in [3.63, 3.8) is 0 Å². The Kier molecular flexibility index (Phi) is 9.77. The van der Waals surface area contributed by atoms with E-state index in [1.165, 1.54) is 70.9 Å². The zero-order valence-corrected chi connectivity index (χ0v) is 25.7. The van der Waals surface area contributed by atoms with Crippen LogP contribution in [0.1, 0.15) is 16.7 Å². The molecule has 0 unspecified atom stereocenters. The van der Waals surface area contributed by atoms with Crippen molar-refractivity contribution in [3.05, 3.63) is 132 Å². The molecule has 186 valence electrons. The second kappa shape index (κ2) is 12.4. The Labute approximate surface area is 256 Å². The first-order valence-corrected chi connectivity index (χ1v) is 12.3. The van der Waals surface area contributed by atoms with Crippen molar-refractivity contribution >= 4 is 43.1 Å². The maximum Gasteiger partial charge on any atom is 4.00 e. The first-order valence-electron chi connectivity index (χ1n) is 12.3. The van der Waals surface area contributed by atoms with Crippen LogP contribution < -0.4 is 24.8 Å². The third-order valence-corrected chi connectivity index (χ3v) is 6.99. The standard InChI is InChI=1S/C20H15.C15H13.2ClH.Zr/c1-14-12-16-8-5-11-19(20(16)13-14)18-10-4-7-15-6-2-3-9-17(15)18;1-10-3-5-14-12(7-10)9-13-8-11(2)4-6-15(13)14;;;/h2-13H,1H3;3-9H,1-2H3;2*1H;/q2*-1;;;+4/p-2. The van der Waals surface area contributed by atoms with Gasteiger partial charge in [0.1, 0.15) is 0 Å². The van der Waals surface area contributed by atoms with Gasteiger partial charge in [-0.1, -0.05) is 96.4 Å². The van der Waals surface area contributed by atoms with Crippen molar-refractivity contribution in [2.24, 2.45) is 0 Å². The summed E-state index contributed by atoms with van der Waals surface area (Å²) in [6.45, 7) is 6.44. The summed E-state index contributed by atoms with van der Waals surface area (Å²) in [7, 11) is 0. The molecule has 0 atom stereocenters. The summed E-state index contributed by atoms with van der Waals surface area (Å²) >= 11 is 0. The Morgan fingerprint density at radius 2 is 1.00 bits per heavy atom. The molecule has 0 aromatic heterocycles. The predicted octanol–water partition coefficient (Wildman–Crippen LogP) is 4.02. The molecule has 0 saturated heterocycles. The van der Waals surface area contributed by atoms with Gasteiger partial charge < -0.3 is 24.8 Å². The van der Waals surface area contributed by atoms with Crippen LogP contribution in [0.25, 0.3) is 54.2 Å². The van der Waals surface area contributed by atoms with E-state index >= 15 is 0 Å². The van der Waals surface area contributed by atoms with E-state index in [1.54, 1.807) is 0 Å². The minimum absolute atomic E-state index is 0. The second-order valence-corrected chi connectivity index (χ2v) is 9.69. The van der Waals surface area contributed by atoms with Gasteiger partial charge in [-0.05, 0) is 30.2 Å². The number of fused-ring (bicyclic) bond motifs is 5. The summed E-state index contributed by atoms with van der Waals surface area (Å²) in [6.07, 6.45) is 0. The largest absolute Gasteiger partial charge is 4.00 e. The van der Waals surface area contributed by atoms with Crippen molar-refractivity contribution in [1.29, 1.82) is 0 Å². The smallest absolute Gasteiger partial charge is 1.00 e. The first-order chi connectivity index (χ1) is 17.1. The van der Waals surface area contributed by atoms with Gasteiger partial charge in [0, 0.05) is 0 Å². The van der Waals surface area contributed by atoms with Crippen LogP contribution in [0.4, 0.5) is 0 Å². The van der Waals surface area contributed by atoms with Crippen molar-refractivity contribution < 1.29 is 51.0 Å². The van der Waals surface area contributed by atoms with Gasteiger partial charge in [0.15, 0.2) is 0 Å². The Morgan fingerprint density at radius 3 is 1.66 bits per heavy atom. The van der Waals surface area contributed by atoms with E-state index in [2.05, 4.69) is 136 Å². The van der Waals surface area contributed by atoms with E-state index in [1.807, 2.05) is 0 Å². The van der Waals surface area contributed by atoms with Gasteiger partial charge in [-0.2, -0.15) is 6.07 Å². The number of hydrogen-bond donors (Lipinski definition) is 0. The monoisotopic (exact) mass is 608 g/mol. The molecule has 0 spiro atoms. The molecule has 7 rings (SSSR count). The summed E-state index contributed by atoms with van der Waals surface area (Å²) in [5.41, 5.74) is 6.63. The maximum absolute atomic E-state index is 2.28. The molecule has 0 amide bonds. The Hall–Kier alpha value is -2.70. The van der Waals surface area contributed by atoms with Gasteiger partial charge in [-0.15, -0.1) is 74.3 Å². The van der Waals surface area contributed by atoms with Crippen LogP contribution in [0.15, 0.2) is 115 Å². The zero-order chi connectivity index (χ0) is 23.9. The average molecular weight is 611 g/mol. The Morgan fingerprint density at radius 1 is 0.447 bits per heavy atom. The summed E-state index contributed by atoms with van der Waals surface area (Å²) in [5.74, 6) is 0. The van der Waals surface area contributed by atoms with Crippen LogP contribution in [0, 0.1) is 20.8 Å². The van der Waals surface area contributed by atoms with Gasteiger partial charge in [0.05, 0.1) is 0 Å². The number of hydrogen-bond acceptors (Lipinski definition) is 0. The topological polar surface area (TPSA) is 0 Å². The molecule has 7 aromatic carbocycles. The molecule has 0 N–H and O–H groups in total. The number of rotatable bonds is 1. The molecule has 0 aliphatic carbocycles. The third-order valence-electron chi connectivity index (χ3n) is 6.99. The molecule has 7 aromatic rings. The van der Waals surface area contributed by atoms with E-state index in [0.717, 1.165) is 0 Å². The van der Waals surface area contributed by atoms with Crippen LogP contribution in [0.2, 0.25) is 0 Å². The molecule has 0 heterocycles. The fraction of sp³-hybridized carbons (Fsp3) is 0.0857. The molecule has 38 heavy (non-hydrogen) atoms. The number of aryl methyl sites for hydroxylation is 3. The summed E-state index contributed by atoms with van der Waals surface area (Å²) in [4.78, 5) is 0. The normalized spacial score (nSPS) is 10.4. The van der Waals surface area contributed by atoms with E-state index in [0.29, 0.717) is 0 Å². The van der Waals surface area contributed by atoms with Crippen molar-refractivity contribution in [2.45, 2.75) is 20.8 Å². The SMILES string of the molecule is Cc1cc2c(-c3cccc4ccccc34)cccc2[cH-]1.Cc1ccc2c(c1)[cH-]c1cc(C)ccc12.[Cl-].[Cl-].[Zr+4]. The summed E-state index contributed by atoms with van der Waals surface area (Å²) in [5, 5.41) is 10.7. The van der Waals surface area contributed by atoms with Gasteiger partial charge in [-0.3, -0.25) is 0 Å². The minimum Gasteiger partial charge on any atom is -1.00 e. The molecule has 0 aliphatic rings. The summed E-state index contributed by atoms with van der Waals surface area (Å²) < 4.78 is 0. The molecular formula is C35H28Cl2Zr. The third kappa shape index (κ3) is 5.67. The molecule has 0 bridgehead atoms. The van der Waals surface area contributed by atoms with Crippen LogP contribution in [-0.2, 0) is 26.2 Å². The van der Waals surface area contributed by atoms with Crippen LogP contribution in [0.5, 0.6) is 0 Å². The van der Waals surface area contributed by atoms with Crippen molar-refractivity contribution in [3.8, 4) is 11.1 Å². The van der Waals surface area contributed by atoms with E-state index in [9.17, 15) is 0 Å². The van der Waals surface area contributed by atoms with Gasteiger partial charge >= 0.3 is 26.2 Å². The number of halogens is 2. The zero-order valence-electron chi connectivity index (χ0n) is 21.7. The second-order valence-electron chi connectivity index (χ2n) is 9.69. The van der Waals surface area contributed by atoms with E-state index in [4.69, 9.17) is 0 Å². The van der Waals surface area contributed by atoms with Crippen LogP contribution >= 0.6 is 0 Å². The Balaban J connectivity index is 0.000000202. The molecular weight excluding hydrogens is 583 g/mol. The van der Waals surface area contributed by atoms with Crippen LogP contribution in [0.3, 0.4) is 0 Å². The van der Waals surface area contributed by atoms with Crippen LogP contribution in [-0.4, -0.2) is 0 Å². The quantitative estimate of drug-likeness (QED) is 0.247. The average Bonchev–Trinajstić information content (AvgIpc) is 3.42. The van der Waals surface area contributed by atoms with Crippen molar-refractivity contribution in [2.75, 3.05) is 0 Å². The molecule has 0 fully saturated rings. The fourth-order valence-corrected chi connectivity index (χ4v) is 5.34. The van der Waals surface area contributed by atoms with Gasteiger partial charge in [0.2, 0.25) is 0 Å². The Bertz CT molecular complexity index is 1780.